The van der Waals surface area contributed by atoms with Gasteiger partial charge in [0, 0.05) is 12.1 Å². The van der Waals surface area contributed by atoms with Crippen LogP contribution in [0.4, 0.5) is 13.2 Å². The Bertz CT molecular complexity index is 822. The lowest BCUT2D eigenvalue weighted by molar-refractivity contribution is -0.137. The van der Waals surface area contributed by atoms with Crippen LogP contribution in [0.1, 0.15) is 30.4 Å². The van der Waals surface area contributed by atoms with Gasteiger partial charge < -0.3 is 9.57 Å². The van der Waals surface area contributed by atoms with Crippen molar-refractivity contribution < 1.29 is 22.7 Å². The number of hydrogen-bond acceptors (Lipinski definition) is 4. The minimum Gasteiger partial charge on any atom is -0.497 e. The topological polar surface area (TPSA) is 43.7 Å². The Morgan fingerprint density at radius 1 is 1.27 bits per heavy atom. The van der Waals surface area contributed by atoms with E-state index in [2.05, 4.69) is 10.1 Å². The number of methoxy groups -OCH3 is 1. The first-order chi connectivity index (χ1) is 12.3. The molecule has 1 aliphatic rings. The minimum absolute atomic E-state index is 0.152. The number of alkyl halides is 3. The molecule has 0 amide bonds. The second kappa shape index (κ2) is 7.15. The molecule has 0 unspecified atom stereocenters. The lowest BCUT2D eigenvalue weighted by Crippen LogP contribution is -2.06. The van der Waals surface area contributed by atoms with Crippen molar-refractivity contribution in [1.29, 1.82) is 0 Å². The van der Waals surface area contributed by atoms with Gasteiger partial charge in [-0.1, -0.05) is 28.9 Å². The number of benzene rings is 1. The highest BCUT2D eigenvalue weighted by Crippen LogP contribution is 2.48. The van der Waals surface area contributed by atoms with E-state index in [1.807, 2.05) is 31.2 Å². The second-order valence-corrected chi connectivity index (χ2v) is 6.46. The smallest absolute Gasteiger partial charge is 0.417 e. The lowest BCUT2D eigenvalue weighted by atomic mass is 10.1. The maximum atomic E-state index is 12.6. The minimum atomic E-state index is -4.51. The number of pyridine rings is 1. The number of aromatic nitrogens is 1. The van der Waals surface area contributed by atoms with E-state index in [1.54, 1.807) is 7.11 Å². The van der Waals surface area contributed by atoms with E-state index < -0.39 is 11.7 Å². The third-order valence-electron chi connectivity index (χ3n) is 4.28. The molecule has 1 aromatic carbocycles. The average molecular weight is 385 g/mol. The molecule has 8 heteroatoms. The van der Waals surface area contributed by atoms with Gasteiger partial charge in [0.05, 0.1) is 18.4 Å². The van der Waals surface area contributed by atoms with Crippen LogP contribution in [0.3, 0.4) is 0 Å². The van der Waals surface area contributed by atoms with Crippen molar-refractivity contribution in [2.24, 2.45) is 11.1 Å². The molecule has 0 N–H and O–H groups in total. The largest absolute Gasteiger partial charge is 0.497 e. The van der Waals surface area contributed by atoms with Crippen LogP contribution in [0, 0.1) is 5.92 Å². The number of rotatable bonds is 5. The van der Waals surface area contributed by atoms with Crippen molar-refractivity contribution in [3.8, 4) is 11.6 Å². The highest BCUT2D eigenvalue weighted by molar-refractivity contribution is 6.31. The summed E-state index contributed by atoms with van der Waals surface area (Å²) in [5.41, 5.74) is 0.983. The zero-order valence-electron chi connectivity index (χ0n) is 14.0. The Hall–Kier alpha value is -2.28. The Labute approximate surface area is 153 Å². The van der Waals surface area contributed by atoms with E-state index in [-0.39, 0.29) is 16.8 Å². The number of halogens is 4. The first kappa shape index (κ1) is 18.5. The van der Waals surface area contributed by atoms with Crippen LogP contribution < -0.4 is 9.57 Å². The van der Waals surface area contributed by atoms with Crippen molar-refractivity contribution in [3.05, 3.63) is 52.7 Å². The molecule has 1 saturated carbocycles. The first-order valence-corrected chi connectivity index (χ1v) is 8.25. The number of hydrogen-bond donors (Lipinski definition) is 0. The van der Waals surface area contributed by atoms with Gasteiger partial charge in [0.15, 0.2) is 0 Å². The van der Waals surface area contributed by atoms with Gasteiger partial charge in [-0.05, 0) is 43.0 Å². The normalized spacial score (nSPS) is 20.0. The highest BCUT2D eigenvalue weighted by Gasteiger charge is 2.41. The summed E-state index contributed by atoms with van der Waals surface area (Å²) in [6.07, 6.45) is -2.91. The molecule has 4 nitrogen and oxygen atoms in total. The molecular formula is C18H16ClF3N2O2. The number of nitrogens with zero attached hydrogens (tertiary/aromatic N) is 2. The maximum Gasteiger partial charge on any atom is 0.417 e. The highest BCUT2D eigenvalue weighted by atomic mass is 35.5. The fourth-order valence-electron chi connectivity index (χ4n) is 2.71. The molecule has 3 rings (SSSR count). The SMILES string of the molecule is COc1ccc([C@@H]2C[C@H]2/C(C)=N\Oc2ncc(C(F)(F)F)cc2Cl)cc1. The summed E-state index contributed by atoms with van der Waals surface area (Å²) < 4.78 is 43.0. The number of oxime groups is 1. The van der Waals surface area contributed by atoms with Crippen LogP contribution in [-0.2, 0) is 6.18 Å². The monoisotopic (exact) mass is 384 g/mol. The summed E-state index contributed by atoms with van der Waals surface area (Å²) >= 11 is 5.80. The summed E-state index contributed by atoms with van der Waals surface area (Å²) in [7, 11) is 1.61. The molecule has 0 saturated heterocycles. The zero-order chi connectivity index (χ0) is 18.9. The van der Waals surface area contributed by atoms with Crippen molar-refractivity contribution in [3.63, 3.8) is 0 Å². The van der Waals surface area contributed by atoms with Crippen LogP contribution in [0.5, 0.6) is 11.6 Å². The molecule has 1 fully saturated rings. The second-order valence-electron chi connectivity index (χ2n) is 6.05. The fourth-order valence-corrected chi connectivity index (χ4v) is 2.91. The van der Waals surface area contributed by atoms with Gasteiger partial charge in [-0.3, -0.25) is 0 Å². The Morgan fingerprint density at radius 3 is 2.54 bits per heavy atom. The molecule has 0 aliphatic heterocycles. The first-order valence-electron chi connectivity index (χ1n) is 7.87. The van der Waals surface area contributed by atoms with Gasteiger partial charge in [0.2, 0.25) is 0 Å². The molecule has 26 heavy (non-hydrogen) atoms. The van der Waals surface area contributed by atoms with E-state index in [0.29, 0.717) is 12.1 Å². The summed E-state index contributed by atoms with van der Waals surface area (Å²) in [5, 5.41) is 3.75. The Morgan fingerprint density at radius 2 is 1.96 bits per heavy atom. The van der Waals surface area contributed by atoms with Gasteiger partial charge in [-0.2, -0.15) is 13.2 Å². The molecule has 2 atom stereocenters. The predicted molar refractivity (Wildman–Crippen MR) is 91.8 cm³/mol. The lowest BCUT2D eigenvalue weighted by Gasteiger charge is -2.08. The van der Waals surface area contributed by atoms with Gasteiger partial charge >= 0.3 is 6.18 Å². The molecule has 1 aliphatic carbocycles. The summed E-state index contributed by atoms with van der Waals surface area (Å²) in [6.45, 7) is 1.81. The molecule has 0 bridgehead atoms. The molecule has 0 spiro atoms. The predicted octanol–water partition coefficient (Wildman–Crippen LogP) is 5.32. The van der Waals surface area contributed by atoms with Crippen molar-refractivity contribution in [1.82, 2.24) is 4.98 Å². The van der Waals surface area contributed by atoms with Crippen molar-refractivity contribution >= 4 is 17.3 Å². The van der Waals surface area contributed by atoms with Gasteiger partial charge in [-0.25, -0.2) is 4.98 Å². The van der Waals surface area contributed by atoms with Crippen LogP contribution >= 0.6 is 11.6 Å². The van der Waals surface area contributed by atoms with Crippen LogP contribution in [0.25, 0.3) is 0 Å². The molecule has 1 aromatic heterocycles. The molecule has 0 radical (unpaired) electrons. The van der Waals surface area contributed by atoms with Crippen LogP contribution in [-0.4, -0.2) is 17.8 Å². The quantitative estimate of drug-likeness (QED) is 0.517. The average Bonchev–Trinajstić information content (AvgIpc) is 3.40. The van der Waals surface area contributed by atoms with E-state index in [0.717, 1.165) is 23.9 Å². The summed E-state index contributed by atoms with van der Waals surface area (Å²) in [6, 6.07) is 8.59. The van der Waals surface area contributed by atoms with E-state index in [1.165, 1.54) is 5.56 Å². The molecular weight excluding hydrogens is 369 g/mol. The van der Waals surface area contributed by atoms with Crippen molar-refractivity contribution in [2.75, 3.05) is 7.11 Å². The van der Waals surface area contributed by atoms with E-state index in [9.17, 15) is 13.2 Å². The third kappa shape index (κ3) is 4.09. The summed E-state index contributed by atoms with van der Waals surface area (Å²) in [5.74, 6) is 1.20. The van der Waals surface area contributed by atoms with E-state index >= 15 is 0 Å². The van der Waals surface area contributed by atoms with Crippen LogP contribution in [0.2, 0.25) is 5.02 Å². The zero-order valence-corrected chi connectivity index (χ0v) is 14.8. The molecule has 2 aromatic rings. The maximum absolute atomic E-state index is 12.6. The van der Waals surface area contributed by atoms with Gasteiger partial charge in [0.1, 0.15) is 10.8 Å². The van der Waals surface area contributed by atoms with E-state index in [4.69, 9.17) is 21.2 Å². The Kier molecular flexibility index (Phi) is 5.09. The molecule has 1 heterocycles. The third-order valence-corrected chi connectivity index (χ3v) is 4.55. The van der Waals surface area contributed by atoms with Crippen molar-refractivity contribution in [2.45, 2.75) is 25.4 Å². The fraction of sp³-hybridized carbons (Fsp3) is 0.333. The Balaban J connectivity index is 1.64. The van der Waals surface area contributed by atoms with Crippen LogP contribution in [0.15, 0.2) is 41.7 Å². The van der Waals surface area contributed by atoms with Gasteiger partial charge in [-0.15, -0.1) is 0 Å². The number of ether oxygens (including phenoxy) is 1. The standard InChI is InChI=1S/C18H16ClF3N2O2/c1-10(14-8-15(14)11-3-5-13(25-2)6-4-11)24-26-17-16(19)7-12(9-23-17)18(20,21)22/h3-7,9,14-15H,8H2,1-2H3/b24-10-/t14-,15-/m0/s1. The molecule has 138 valence electrons. The summed E-state index contributed by atoms with van der Waals surface area (Å²) in [4.78, 5) is 8.74. The van der Waals surface area contributed by atoms with Gasteiger partial charge in [0.25, 0.3) is 5.88 Å².